The van der Waals surface area contributed by atoms with Gasteiger partial charge in [0.15, 0.2) is 0 Å². The van der Waals surface area contributed by atoms with Gasteiger partial charge in [-0.15, -0.1) is 11.6 Å². The number of hydrogen-bond acceptors (Lipinski definition) is 3. The number of alkyl halides is 1. The van der Waals surface area contributed by atoms with Gasteiger partial charge in [-0.1, -0.05) is 6.07 Å². The second kappa shape index (κ2) is 6.84. The Morgan fingerprint density at radius 1 is 1.35 bits per heavy atom. The first-order chi connectivity index (χ1) is 9.71. The SMILES string of the molecule is COc1cccc(OC)c1C(=O)N1CCCC(CCl)C1. The van der Waals surface area contributed by atoms with Crippen LogP contribution in [0.1, 0.15) is 23.2 Å². The summed E-state index contributed by atoms with van der Waals surface area (Å²) in [5.41, 5.74) is 0.493. The van der Waals surface area contributed by atoms with E-state index < -0.39 is 0 Å². The van der Waals surface area contributed by atoms with Gasteiger partial charge in [-0.2, -0.15) is 0 Å². The van der Waals surface area contributed by atoms with E-state index in [-0.39, 0.29) is 5.91 Å². The molecule has 1 unspecified atom stereocenters. The van der Waals surface area contributed by atoms with Gasteiger partial charge in [0, 0.05) is 19.0 Å². The van der Waals surface area contributed by atoms with E-state index >= 15 is 0 Å². The van der Waals surface area contributed by atoms with Gasteiger partial charge in [-0.3, -0.25) is 4.79 Å². The minimum atomic E-state index is -0.0471. The van der Waals surface area contributed by atoms with Crippen LogP contribution in [0.2, 0.25) is 0 Å². The maximum atomic E-state index is 12.7. The van der Waals surface area contributed by atoms with E-state index in [0.717, 1.165) is 19.4 Å². The van der Waals surface area contributed by atoms with Crippen LogP contribution in [0.25, 0.3) is 0 Å². The maximum absolute atomic E-state index is 12.7. The molecule has 110 valence electrons. The highest BCUT2D eigenvalue weighted by molar-refractivity contribution is 6.18. The quantitative estimate of drug-likeness (QED) is 0.802. The van der Waals surface area contributed by atoms with Gasteiger partial charge in [0.05, 0.1) is 14.2 Å². The van der Waals surface area contributed by atoms with Crippen LogP contribution >= 0.6 is 11.6 Å². The molecule has 0 bridgehead atoms. The number of likely N-dealkylation sites (tertiary alicyclic amines) is 1. The second-order valence-corrected chi connectivity index (χ2v) is 5.26. The minimum Gasteiger partial charge on any atom is -0.496 e. The number of hydrogen-bond donors (Lipinski definition) is 0. The zero-order valence-electron chi connectivity index (χ0n) is 11.9. The Hall–Kier alpha value is -1.42. The lowest BCUT2D eigenvalue weighted by Gasteiger charge is -2.32. The fourth-order valence-corrected chi connectivity index (χ4v) is 2.85. The number of halogens is 1. The molecule has 0 radical (unpaired) electrons. The Morgan fingerprint density at radius 3 is 2.55 bits per heavy atom. The summed E-state index contributed by atoms with van der Waals surface area (Å²) in [6.45, 7) is 1.46. The van der Waals surface area contributed by atoms with E-state index in [1.165, 1.54) is 0 Å². The molecule has 0 aliphatic carbocycles. The molecule has 4 nitrogen and oxygen atoms in total. The van der Waals surface area contributed by atoms with E-state index in [1.54, 1.807) is 26.4 Å². The molecule has 0 spiro atoms. The number of rotatable bonds is 4. The molecule has 1 aromatic rings. The molecule has 5 heteroatoms. The third kappa shape index (κ3) is 3.01. The molecule has 1 fully saturated rings. The van der Waals surface area contributed by atoms with Crippen molar-refractivity contribution in [1.29, 1.82) is 0 Å². The average molecular weight is 298 g/mol. The van der Waals surface area contributed by atoms with Crippen molar-refractivity contribution < 1.29 is 14.3 Å². The molecular weight excluding hydrogens is 278 g/mol. The van der Waals surface area contributed by atoms with Crippen molar-refractivity contribution in [1.82, 2.24) is 4.90 Å². The third-order valence-corrected chi connectivity index (χ3v) is 4.10. The van der Waals surface area contributed by atoms with Gasteiger partial charge >= 0.3 is 0 Å². The first-order valence-electron chi connectivity index (χ1n) is 6.77. The highest BCUT2D eigenvalue weighted by Crippen LogP contribution is 2.31. The first kappa shape index (κ1) is 15.0. The van der Waals surface area contributed by atoms with E-state index in [1.807, 2.05) is 11.0 Å². The van der Waals surface area contributed by atoms with E-state index in [0.29, 0.717) is 35.4 Å². The number of amides is 1. The Labute approximate surface area is 124 Å². The molecule has 1 amide bonds. The van der Waals surface area contributed by atoms with Crippen LogP contribution in [-0.4, -0.2) is 44.0 Å². The molecule has 1 aliphatic rings. The maximum Gasteiger partial charge on any atom is 0.261 e. The second-order valence-electron chi connectivity index (χ2n) is 4.95. The van der Waals surface area contributed by atoms with Crippen LogP contribution in [0.3, 0.4) is 0 Å². The van der Waals surface area contributed by atoms with Crippen LogP contribution in [0, 0.1) is 5.92 Å². The summed E-state index contributed by atoms with van der Waals surface area (Å²) in [7, 11) is 3.12. The summed E-state index contributed by atoms with van der Waals surface area (Å²) in [6.07, 6.45) is 2.07. The number of carbonyl (C=O) groups excluding carboxylic acids is 1. The van der Waals surface area contributed by atoms with Crippen molar-refractivity contribution in [3.63, 3.8) is 0 Å². The van der Waals surface area contributed by atoms with Crippen molar-refractivity contribution >= 4 is 17.5 Å². The lowest BCUT2D eigenvalue weighted by molar-refractivity contribution is 0.0678. The zero-order chi connectivity index (χ0) is 14.5. The van der Waals surface area contributed by atoms with Crippen LogP contribution < -0.4 is 9.47 Å². The summed E-state index contributed by atoms with van der Waals surface area (Å²) < 4.78 is 10.6. The van der Waals surface area contributed by atoms with Gasteiger partial charge in [-0.05, 0) is 30.9 Å². The number of nitrogens with zero attached hydrogens (tertiary/aromatic N) is 1. The molecule has 20 heavy (non-hydrogen) atoms. The molecular formula is C15H20ClNO3. The van der Waals surface area contributed by atoms with Gasteiger partial charge in [0.2, 0.25) is 0 Å². The highest BCUT2D eigenvalue weighted by atomic mass is 35.5. The highest BCUT2D eigenvalue weighted by Gasteiger charge is 2.28. The van der Waals surface area contributed by atoms with Gasteiger partial charge < -0.3 is 14.4 Å². The predicted octanol–water partition coefficient (Wildman–Crippen LogP) is 2.79. The van der Waals surface area contributed by atoms with Gasteiger partial charge in [0.25, 0.3) is 5.91 Å². The predicted molar refractivity (Wildman–Crippen MR) is 78.9 cm³/mol. The normalized spacial score (nSPS) is 18.8. The smallest absolute Gasteiger partial charge is 0.261 e. The monoisotopic (exact) mass is 297 g/mol. The molecule has 1 heterocycles. The number of benzene rings is 1. The lowest BCUT2D eigenvalue weighted by Crippen LogP contribution is -2.40. The minimum absolute atomic E-state index is 0.0471. The topological polar surface area (TPSA) is 38.8 Å². The molecule has 1 saturated heterocycles. The lowest BCUT2D eigenvalue weighted by atomic mass is 9.99. The standard InChI is InChI=1S/C15H20ClNO3/c1-19-12-6-3-7-13(20-2)14(12)15(18)17-8-4-5-11(9-16)10-17/h3,6-7,11H,4-5,8-10H2,1-2H3. The Morgan fingerprint density at radius 2 is 2.00 bits per heavy atom. The van der Waals surface area contributed by atoms with Crippen molar-refractivity contribution in [2.24, 2.45) is 5.92 Å². The van der Waals surface area contributed by atoms with E-state index in [9.17, 15) is 4.79 Å². The van der Waals surface area contributed by atoms with Crippen LogP contribution in [0.15, 0.2) is 18.2 Å². The van der Waals surface area contributed by atoms with Crippen LogP contribution in [0.4, 0.5) is 0 Å². The van der Waals surface area contributed by atoms with Gasteiger partial charge in [-0.25, -0.2) is 0 Å². The fraction of sp³-hybridized carbons (Fsp3) is 0.533. The molecule has 1 atom stereocenters. The first-order valence-corrected chi connectivity index (χ1v) is 7.31. The van der Waals surface area contributed by atoms with Gasteiger partial charge in [0.1, 0.15) is 17.1 Å². The van der Waals surface area contributed by atoms with E-state index in [4.69, 9.17) is 21.1 Å². The third-order valence-electron chi connectivity index (χ3n) is 3.67. The van der Waals surface area contributed by atoms with Crippen molar-refractivity contribution in [3.8, 4) is 11.5 Å². The summed E-state index contributed by atoms with van der Waals surface area (Å²) in [4.78, 5) is 14.6. The number of ether oxygens (including phenoxy) is 2. The molecule has 1 aliphatic heterocycles. The average Bonchev–Trinajstić information content (AvgIpc) is 2.53. The number of methoxy groups -OCH3 is 2. The number of piperidine rings is 1. The largest absolute Gasteiger partial charge is 0.496 e. The molecule has 1 aromatic carbocycles. The Bertz CT molecular complexity index is 456. The molecule has 0 saturated carbocycles. The molecule has 0 N–H and O–H groups in total. The van der Waals surface area contributed by atoms with Crippen LogP contribution in [-0.2, 0) is 0 Å². The van der Waals surface area contributed by atoms with Crippen LogP contribution in [0.5, 0.6) is 11.5 Å². The van der Waals surface area contributed by atoms with Crippen molar-refractivity contribution in [2.45, 2.75) is 12.8 Å². The fourth-order valence-electron chi connectivity index (χ4n) is 2.60. The van der Waals surface area contributed by atoms with Crippen molar-refractivity contribution in [2.75, 3.05) is 33.2 Å². The van der Waals surface area contributed by atoms with Crippen molar-refractivity contribution in [3.05, 3.63) is 23.8 Å². The summed E-state index contributed by atoms with van der Waals surface area (Å²) in [5.74, 6) is 2.00. The molecule has 2 rings (SSSR count). The Balaban J connectivity index is 2.28. The summed E-state index contributed by atoms with van der Waals surface area (Å²) in [5, 5.41) is 0. The Kier molecular flexibility index (Phi) is 5.12. The zero-order valence-corrected chi connectivity index (χ0v) is 12.7. The summed E-state index contributed by atoms with van der Waals surface area (Å²) >= 11 is 5.93. The molecule has 0 aromatic heterocycles. The summed E-state index contributed by atoms with van der Waals surface area (Å²) in [6, 6.07) is 5.36. The number of carbonyl (C=O) groups is 1. The van der Waals surface area contributed by atoms with E-state index in [2.05, 4.69) is 0 Å².